The zero-order chi connectivity index (χ0) is 17.4. The number of likely N-dealkylation sites (tertiary alicyclic amines) is 1. The molecule has 3 aromatic rings. The Balaban J connectivity index is 1.57. The van der Waals surface area contributed by atoms with Crippen LogP contribution in [0.5, 0.6) is 0 Å². The predicted octanol–water partition coefficient (Wildman–Crippen LogP) is 3.48. The second-order valence-corrected chi connectivity index (χ2v) is 6.33. The lowest BCUT2D eigenvalue weighted by Gasteiger charge is -2.27. The molecule has 2 amide bonds. The summed E-state index contributed by atoms with van der Waals surface area (Å²) in [6.07, 6.45) is 2.64. The van der Waals surface area contributed by atoms with Crippen LogP contribution in [0.1, 0.15) is 24.9 Å². The third-order valence-electron chi connectivity index (χ3n) is 4.61. The summed E-state index contributed by atoms with van der Waals surface area (Å²) in [5.74, 6) is 0.217. The van der Waals surface area contributed by atoms with Crippen molar-refractivity contribution in [3.05, 3.63) is 60.0 Å². The first-order valence-corrected chi connectivity index (χ1v) is 8.26. The van der Waals surface area contributed by atoms with E-state index in [1.54, 1.807) is 21.7 Å². The highest BCUT2D eigenvalue weighted by Crippen LogP contribution is 2.37. The molecular weight excluding hydrogens is 321 g/mol. The highest BCUT2D eigenvalue weighted by atomic mass is 19.1. The zero-order valence-electron chi connectivity index (χ0n) is 13.8. The second kappa shape index (κ2) is 6.16. The minimum Gasteiger partial charge on any atom is -0.317 e. The third-order valence-corrected chi connectivity index (χ3v) is 4.61. The number of hydrogen-bond acceptors (Lipinski definition) is 3. The quantitative estimate of drug-likeness (QED) is 0.777. The number of carbonyl (C=O) groups excluding carboxylic acids is 1. The number of halogens is 1. The Labute approximate surface area is 144 Å². The molecule has 0 bridgehead atoms. The highest BCUT2D eigenvalue weighted by molar-refractivity contribution is 5.88. The average molecular weight is 339 g/mol. The molecule has 1 aliphatic heterocycles. The summed E-state index contributed by atoms with van der Waals surface area (Å²) in [6, 6.07) is 11.5. The van der Waals surface area contributed by atoms with Gasteiger partial charge in [-0.3, -0.25) is 5.32 Å². The molecule has 6 nitrogen and oxygen atoms in total. The van der Waals surface area contributed by atoms with Gasteiger partial charge in [-0.05, 0) is 42.2 Å². The first-order valence-electron chi connectivity index (χ1n) is 8.26. The normalized spacial score (nSPS) is 20.2. The number of urea groups is 1. The van der Waals surface area contributed by atoms with E-state index in [1.807, 2.05) is 24.3 Å². The predicted molar refractivity (Wildman–Crippen MR) is 91.6 cm³/mol. The van der Waals surface area contributed by atoms with Gasteiger partial charge in [-0.2, -0.15) is 4.98 Å². The van der Waals surface area contributed by atoms with Gasteiger partial charge >= 0.3 is 6.03 Å². The molecule has 0 aliphatic carbocycles. The maximum Gasteiger partial charge on any atom is 0.324 e. The second-order valence-electron chi connectivity index (χ2n) is 6.33. The number of rotatable bonds is 2. The number of nitrogens with zero attached hydrogens (tertiary/aromatic N) is 4. The standard InChI is InChI=1S/C18H18FN5O/c1-12-8-10-23(16(12)13-5-4-6-14(19)11-13)18(25)21-17-20-15-7-2-3-9-24(15)22-17/h2-7,9,11-12,16H,8,10H2,1H3,(H,21,22,25). The van der Waals surface area contributed by atoms with Crippen LogP contribution in [0.2, 0.25) is 0 Å². The number of aromatic nitrogens is 3. The molecule has 0 saturated carbocycles. The van der Waals surface area contributed by atoms with E-state index in [9.17, 15) is 9.18 Å². The number of nitrogens with one attached hydrogen (secondary N) is 1. The lowest BCUT2D eigenvalue weighted by atomic mass is 9.95. The van der Waals surface area contributed by atoms with Crippen molar-refractivity contribution in [1.29, 1.82) is 0 Å². The van der Waals surface area contributed by atoms with Gasteiger partial charge in [0.25, 0.3) is 5.95 Å². The number of carbonyl (C=O) groups is 1. The van der Waals surface area contributed by atoms with Crippen LogP contribution in [0, 0.1) is 11.7 Å². The number of anilines is 1. The van der Waals surface area contributed by atoms with Crippen molar-refractivity contribution in [2.75, 3.05) is 11.9 Å². The lowest BCUT2D eigenvalue weighted by Crippen LogP contribution is -2.35. The fourth-order valence-corrected chi connectivity index (χ4v) is 3.43. The summed E-state index contributed by atoms with van der Waals surface area (Å²) >= 11 is 0. The summed E-state index contributed by atoms with van der Waals surface area (Å²) in [5, 5.41) is 7.00. The minimum atomic E-state index is -0.293. The van der Waals surface area contributed by atoms with Crippen LogP contribution >= 0.6 is 0 Å². The first-order chi connectivity index (χ1) is 12.1. The molecular formula is C18H18FN5O. The molecule has 2 unspecified atom stereocenters. The first kappa shape index (κ1) is 15.6. The van der Waals surface area contributed by atoms with Gasteiger partial charge in [0.15, 0.2) is 5.65 Å². The van der Waals surface area contributed by atoms with Crippen molar-refractivity contribution in [3.8, 4) is 0 Å². The van der Waals surface area contributed by atoms with E-state index >= 15 is 0 Å². The Morgan fingerprint density at radius 3 is 2.96 bits per heavy atom. The molecule has 2 aromatic heterocycles. The molecule has 2 atom stereocenters. The summed E-state index contributed by atoms with van der Waals surface area (Å²) in [4.78, 5) is 18.8. The molecule has 0 spiro atoms. The summed E-state index contributed by atoms with van der Waals surface area (Å²) in [5.41, 5.74) is 1.47. The van der Waals surface area contributed by atoms with Crippen molar-refractivity contribution >= 4 is 17.6 Å². The van der Waals surface area contributed by atoms with Crippen molar-refractivity contribution in [2.45, 2.75) is 19.4 Å². The summed E-state index contributed by atoms with van der Waals surface area (Å²) < 4.78 is 15.2. The number of pyridine rings is 1. The van der Waals surface area contributed by atoms with Crippen LogP contribution in [-0.2, 0) is 0 Å². The van der Waals surface area contributed by atoms with Crippen molar-refractivity contribution in [3.63, 3.8) is 0 Å². The van der Waals surface area contributed by atoms with Crippen LogP contribution in [0.25, 0.3) is 5.65 Å². The van der Waals surface area contributed by atoms with Gasteiger partial charge in [0.05, 0.1) is 6.04 Å². The molecule has 0 radical (unpaired) electrons. The van der Waals surface area contributed by atoms with Gasteiger partial charge in [-0.1, -0.05) is 25.1 Å². The average Bonchev–Trinajstić information content (AvgIpc) is 3.17. The smallest absolute Gasteiger partial charge is 0.317 e. The lowest BCUT2D eigenvalue weighted by molar-refractivity contribution is 0.201. The van der Waals surface area contributed by atoms with Crippen LogP contribution < -0.4 is 5.32 Å². The van der Waals surface area contributed by atoms with Gasteiger partial charge in [0, 0.05) is 12.7 Å². The Bertz CT molecular complexity index is 891. The fraction of sp³-hybridized carbons (Fsp3) is 0.278. The Kier molecular flexibility index (Phi) is 3.83. The van der Waals surface area contributed by atoms with Crippen LogP contribution in [-0.4, -0.2) is 32.1 Å². The zero-order valence-corrected chi connectivity index (χ0v) is 13.8. The molecule has 1 saturated heterocycles. The van der Waals surface area contributed by atoms with E-state index in [4.69, 9.17) is 0 Å². The van der Waals surface area contributed by atoms with Gasteiger partial charge in [-0.15, -0.1) is 5.10 Å². The molecule has 4 rings (SSSR count). The SMILES string of the molecule is CC1CCN(C(=O)Nc2nc3ccccn3n2)C1c1cccc(F)c1. The van der Waals surface area contributed by atoms with Crippen LogP contribution in [0.15, 0.2) is 48.7 Å². The number of benzene rings is 1. The van der Waals surface area contributed by atoms with E-state index < -0.39 is 0 Å². The third kappa shape index (κ3) is 2.93. The van der Waals surface area contributed by atoms with E-state index in [0.29, 0.717) is 12.2 Å². The topological polar surface area (TPSA) is 62.5 Å². The number of hydrogen-bond donors (Lipinski definition) is 1. The van der Waals surface area contributed by atoms with Gasteiger partial charge in [-0.25, -0.2) is 13.7 Å². The van der Waals surface area contributed by atoms with Crippen molar-refractivity contribution < 1.29 is 9.18 Å². The molecule has 3 heterocycles. The van der Waals surface area contributed by atoms with E-state index in [1.165, 1.54) is 12.1 Å². The summed E-state index contributed by atoms with van der Waals surface area (Å²) in [7, 11) is 0. The maximum atomic E-state index is 13.6. The van der Waals surface area contributed by atoms with E-state index in [0.717, 1.165) is 12.0 Å². The molecule has 1 fully saturated rings. The van der Waals surface area contributed by atoms with Crippen molar-refractivity contribution in [1.82, 2.24) is 19.5 Å². The largest absolute Gasteiger partial charge is 0.324 e. The van der Waals surface area contributed by atoms with Crippen molar-refractivity contribution in [2.24, 2.45) is 5.92 Å². The van der Waals surface area contributed by atoms with Gasteiger partial charge < -0.3 is 4.90 Å². The Morgan fingerprint density at radius 2 is 2.16 bits per heavy atom. The fourth-order valence-electron chi connectivity index (χ4n) is 3.43. The summed E-state index contributed by atoms with van der Waals surface area (Å²) in [6.45, 7) is 2.69. The maximum absolute atomic E-state index is 13.6. The van der Waals surface area contributed by atoms with Crippen LogP contribution in [0.4, 0.5) is 15.1 Å². The minimum absolute atomic E-state index is 0.160. The monoisotopic (exact) mass is 339 g/mol. The van der Waals surface area contributed by atoms with E-state index in [2.05, 4.69) is 22.3 Å². The number of amides is 2. The molecule has 1 aromatic carbocycles. The van der Waals surface area contributed by atoms with E-state index in [-0.39, 0.29) is 29.8 Å². The molecule has 25 heavy (non-hydrogen) atoms. The Hall–Kier alpha value is -2.96. The van der Waals surface area contributed by atoms with Gasteiger partial charge in [0.2, 0.25) is 0 Å². The van der Waals surface area contributed by atoms with Crippen LogP contribution in [0.3, 0.4) is 0 Å². The Morgan fingerprint density at radius 1 is 1.28 bits per heavy atom. The molecule has 128 valence electrons. The molecule has 7 heteroatoms. The molecule has 1 aliphatic rings. The van der Waals surface area contributed by atoms with Gasteiger partial charge in [0.1, 0.15) is 5.82 Å². The highest BCUT2D eigenvalue weighted by Gasteiger charge is 2.36. The number of fused-ring (bicyclic) bond motifs is 1. The molecule has 1 N–H and O–H groups in total.